The third kappa shape index (κ3) is 1.66. The van der Waals surface area contributed by atoms with Gasteiger partial charge in [-0.3, -0.25) is 0 Å². The van der Waals surface area contributed by atoms with Crippen LogP contribution in [0.25, 0.3) is 0 Å². The van der Waals surface area contributed by atoms with Gasteiger partial charge in [-0.15, -0.1) is 0 Å². The van der Waals surface area contributed by atoms with Crippen molar-refractivity contribution in [3.05, 3.63) is 23.8 Å². The van der Waals surface area contributed by atoms with Crippen LogP contribution in [0.3, 0.4) is 0 Å². The summed E-state index contributed by atoms with van der Waals surface area (Å²) in [7, 11) is 0. The van der Waals surface area contributed by atoms with Crippen molar-refractivity contribution in [3.63, 3.8) is 0 Å². The van der Waals surface area contributed by atoms with E-state index in [1.807, 2.05) is 0 Å². The minimum absolute atomic E-state index is 0.491. The largest absolute Gasteiger partial charge is 0.386 e. The zero-order chi connectivity index (χ0) is 9.26. The van der Waals surface area contributed by atoms with E-state index < -0.39 is 18.5 Å². The van der Waals surface area contributed by atoms with E-state index in [9.17, 15) is 10.2 Å². The summed E-state index contributed by atoms with van der Waals surface area (Å²) in [5.74, 6) is 0. The molecule has 13 heavy (non-hydrogen) atoms. The Bertz CT molecular complexity index is 240. The molecule has 1 heterocycles. The first kappa shape index (κ1) is 8.90. The van der Waals surface area contributed by atoms with E-state index in [4.69, 9.17) is 9.47 Å². The lowest BCUT2D eigenvalue weighted by Gasteiger charge is -2.24. The fraction of sp³-hybridized carbons (Fsp3) is 0.556. The standard InChI is InChI=1S/C9H12O4/c10-7-3-1-2-6(8(7)11)9-12-4-5-13-9/h1-3,7-11H,4-5H2. The molecule has 2 unspecified atom stereocenters. The second kappa shape index (κ2) is 3.59. The zero-order valence-corrected chi connectivity index (χ0v) is 7.09. The molecule has 2 rings (SSSR count). The molecule has 0 radical (unpaired) electrons. The lowest BCUT2D eigenvalue weighted by molar-refractivity contribution is -0.0398. The number of hydrogen-bond donors (Lipinski definition) is 2. The molecule has 0 spiro atoms. The number of aliphatic hydroxyl groups is 2. The maximum Gasteiger partial charge on any atom is 0.182 e. The van der Waals surface area contributed by atoms with Gasteiger partial charge >= 0.3 is 0 Å². The number of aliphatic hydroxyl groups excluding tert-OH is 2. The molecule has 0 aromatic carbocycles. The van der Waals surface area contributed by atoms with Gasteiger partial charge in [-0.2, -0.15) is 0 Å². The van der Waals surface area contributed by atoms with Gasteiger partial charge in [-0.05, 0) is 0 Å². The van der Waals surface area contributed by atoms with Crippen LogP contribution in [0.15, 0.2) is 23.8 Å². The third-order valence-corrected chi connectivity index (χ3v) is 2.16. The van der Waals surface area contributed by atoms with Gasteiger partial charge in [0.25, 0.3) is 0 Å². The first-order chi connectivity index (χ1) is 6.29. The van der Waals surface area contributed by atoms with E-state index in [1.165, 1.54) is 6.08 Å². The lowest BCUT2D eigenvalue weighted by Crippen LogP contribution is -2.33. The molecule has 1 aliphatic carbocycles. The Balaban J connectivity index is 2.12. The maximum absolute atomic E-state index is 9.57. The van der Waals surface area contributed by atoms with Crippen molar-refractivity contribution in [2.24, 2.45) is 0 Å². The molecule has 0 aromatic heterocycles. The number of allylic oxidation sites excluding steroid dienone is 2. The van der Waals surface area contributed by atoms with Crippen LogP contribution in [0.1, 0.15) is 0 Å². The van der Waals surface area contributed by atoms with E-state index >= 15 is 0 Å². The van der Waals surface area contributed by atoms with Gasteiger partial charge in [0.05, 0.1) is 13.2 Å². The van der Waals surface area contributed by atoms with E-state index in [0.717, 1.165) is 0 Å². The van der Waals surface area contributed by atoms with E-state index in [1.54, 1.807) is 12.2 Å². The Hall–Kier alpha value is -0.680. The van der Waals surface area contributed by atoms with Gasteiger partial charge in [0, 0.05) is 5.57 Å². The summed E-state index contributed by atoms with van der Waals surface area (Å²) >= 11 is 0. The van der Waals surface area contributed by atoms with Crippen LogP contribution in [0, 0.1) is 0 Å². The molecule has 1 saturated heterocycles. The van der Waals surface area contributed by atoms with Gasteiger partial charge in [-0.25, -0.2) is 0 Å². The van der Waals surface area contributed by atoms with Gasteiger partial charge < -0.3 is 19.7 Å². The van der Waals surface area contributed by atoms with Gasteiger partial charge in [0.15, 0.2) is 6.29 Å². The minimum atomic E-state index is -0.909. The second-order valence-electron chi connectivity index (χ2n) is 3.06. The first-order valence-electron chi connectivity index (χ1n) is 4.26. The van der Waals surface area contributed by atoms with Crippen LogP contribution >= 0.6 is 0 Å². The van der Waals surface area contributed by atoms with Crippen LogP contribution in [0.2, 0.25) is 0 Å². The highest BCUT2D eigenvalue weighted by Crippen LogP contribution is 2.22. The van der Waals surface area contributed by atoms with Crippen molar-refractivity contribution in [1.29, 1.82) is 0 Å². The Morgan fingerprint density at radius 3 is 2.62 bits per heavy atom. The second-order valence-corrected chi connectivity index (χ2v) is 3.06. The summed E-state index contributed by atoms with van der Waals surface area (Å²) in [5, 5.41) is 18.9. The molecule has 1 aliphatic heterocycles. The number of rotatable bonds is 1. The average Bonchev–Trinajstić information content (AvgIpc) is 2.62. The van der Waals surface area contributed by atoms with Crippen molar-refractivity contribution in [3.8, 4) is 0 Å². The monoisotopic (exact) mass is 184 g/mol. The average molecular weight is 184 g/mol. The molecule has 2 aliphatic rings. The van der Waals surface area contributed by atoms with Crippen LogP contribution in [0.5, 0.6) is 0 Å². The summed E-state index contributed by atoms with van der Waals surface area (Å²) in [6, 6.07) is 0. The highest BCUT2D eigenvalue weighted by atomic mass is 16.7. The SMILES string of the molecule is OC1C=CC=C(C2OCCO2)C1O. The molecule has 0 saturated carbocycles. The van der Waals surface area contributed by atoms with Gasteiger partial charge in [0.1, 0.15) is 12.2 Å². The van der Waals surface area contributed by atoms with E-state index in [2.05, 4.69) is 0 Å². The number of hydrogen-bond acceptors (Lipinski definition) is 4. The summed E-state index contributed by atoms with van der Waals surface area (Å²) in [4.78, 5) is 0. The van der Waals surface area contributed by atoms with Crippen LogP contribution in [0.4, 0.5) is 0 Å². The fourth-order valence-corrected chi connectivity index (χ4v) is 1.45. The van der Waals surface area contributed by atoms with E-state index in [0.29, 0.717) is 18.8 Å². The lowest BCUT2D eigenvalue weighted by atomic mass is 9.99. The van der Waals surface area contributed by atoms with Crippen molar-refractivity contribution in [2.45, 2.75) is 18.5 Å². The van der Waals surface area contributed by atoms with Crippen molar-refractivity contribution in [1.82, 2.24) is 0 Å². The van der Waals surface area contributed by atoms with E-state index in [-0.39, 0.29) is 0 Å². The topological polar surface area (TPSA) is 58.9 Å². The van der Waals surface area contributed by atoms with Crippen molar-refractivity contribution >= 4 is 0 Å². The highest BCUT2D eigenvalue weighted by molar-refractivity contribution is 5.27. The van der Waals surface area contributed by atoms with Gasteiger partial charge in [0.2, 0.25) is 0 Å². The predicted octanol–water partition coefficient (Wildman–Crippen LogP) is -0.423. The van der Waals surface area contributed by atoms with Crippen LogP contribution < -0.4 is 0 Å². The smallest absolute Gasteiger partial charge is 0.182 e. The third-order valence-electron chi connectivity index (χ3n) is 2.16. The normalized spacial score (nSPS) is 35.1. The minimum Gasteiger partial charge on any atom is -0.386 e. The maximum atomic E-state index is 9.57. The molecule has 4 heteroatoms. The highest BCUT2D eigenvalue weighted by Gasteiger charge is 2.30. The molecule has 0 bridgehead atoms. The van der Waals surface area contributed by atoms with Crippen molar-refractivity contribution in [2.75, 3.05) is 13.2 Å². The summed E-state index contributed by atoms with van der Waals surface area (Å²) in [6.45, 7) is 1.07. The predicted molar refractivity (Wildman–Crippen MR) is 44.9 cm³/mol. The quantitative estimate of drug-likeness (QED) is 0.581. The Kier molecular flexibility index (Phi) is 2.46. The summed E-state index contributed by atoms with van der Waals surface area (Å²) in [6.07, 6.45) is 2.68. The van der Waals surface area contributed by atoms with Crippen LogP contribution in [-0.4, -0.2) is 41.9 Å². The molecule has 0 aromatic rings. The van der Waals surface area contributed by atoms with Gasteiger partial charge in [-0.1, -0.05) is 18.2 Å². The number of ether oxygens (including phenoxy) is 2. The molecular formula is C9H12O4. The van der Waals surface area contributed by atoms with Crippen LogP contribution in [-0.2, 0) is 9.47 Å². The zero-order valence-electron chi connectivity index (χ0n) is 7.09. The summed E-state index contributed by atoms with van der Waals surface area (Å²) in [5.41, 5.74) is 0.590. The molecule has 1 fully saturated rings. The summed E-state index contributed by atoms with van der Waals surface area (Å²) < 4.78 is 10.4. The fourth-order valence-electron chi connectivity index (χ4n) is 1.45. The first-order valence-corrected chi connectivity index (χ1v) is 4.26. The molecule has 0 amide bonds. The molecular weight excluding hydrogens is 172 g/mol. The Morgan fingerprint density at radius 2 is 1.92 bits per heavy atom. The molecule has 4 nitrogen and oxygen atoms in total. The molecule has 72 valence electrons. The molecule has 2 atom stereocenters. The molecule has 2 N–H and O–H groups in total. The Morgan fingerprint density at radius 1 is 1.23 bits per heavy atom. The van der Waals surface area contributed by atoms with Crippen molar-refractivity contribution < 1.29 is 19.7 Å². The Labute approximate surface area is 76.1 Å².